The first-order chi connectivity index (χ1) is 11.5. The number of esters is 1. The van der Waals surface area contributed by atoms with Gasteiger partial charge in [0.2, 0.25) is 11.7 Å². The molecule has 1 amide bonds. The summed E-state index contributed by atoms with van der Waals surface area (Å²) in [7, 11) is 0. The van der Waals surface area contributed by atoms with Crippen LogP contribution in [0.2, 0.25) is 5.15 Å². The van der Waals surface area contributed by atoms with Crippen LogP contribution in [0.3, 0.4) is 0 Å². The molecule has 2 aromatic heterocycles. The van der Waals surface area contributed by atoms with Gasteiger partial charge in [0.1, 0.15) is 5.15 Å². The van der Waals surface area contributed by atoms with Crippen molar-refractivity contribution < 1.29 is 19.1 Å². The first kappa shape index (κ1) is 18.1. The van der Waals surface area contributed by atoms with Crippen LogP contribution in [0.15, 0.2) is 30.5 Å². The van der Waals surface area contributed by atoms with Crippen molar-refractivity contribution >= 4 is 40.6 Å². The maximum atomic E-state index is 12.1. The zero-order valence-electron chi connectivity index (χ0n) is 12.9. The molecule has 2 rings (SSSR count). The maximum absolute atomic E-state index is 12.1. The first-order valence-electron chi connectivity index (χ1n) is 7.10. The zero-order chi connectivity index (χ0) is 17.5. The fourth-order valence-corrected chi connectivity index (χ4v) is 2.85. The van der Waals surface area contributed by atoms with Gasteiger partial charge in [-0.1, -0.05) is 11.6 Å². The fourth-order valence-electron chi connectivity index (χ4n) is 1.81. The highest BCUT2D eigenvalue weighted by molar-refractivity contribution is 7.14. The molecule has 0 aliphatic heterocycles. The van der Waals surface area contributed by atoms with Crippen LogP contribution in [0.5, 0.6) is 0 Å². The number of Topliss-reactive ketones (excluding diaryl/α,β-unsaturated/α-hetero) is 1. The minimum atomic E-state index is -0.630. The number of nitrogens with one attached hydrogen (secondary N) is 1. The van der Waals surface area contributed by atoms with Crippen LogP contribution in [-0.2, 0) is 16.0 Å². The van der Waals surface area contributed by atoms with Crippen LogP contribution < -0.4 is 5.32 Å². The molecule has 0 fully saturated rings. The van der Waals surface area contributed by atoms with Crippen molar-refractivity contribution in [1.82, 2.24) is 10.3 Å². The lowest BCUT2D eigenvalue weighted by Gasteiger charge is -2.03. The molecule has 0 aliphatic rings. The summed E-state index contributed by atoms with van der Waals surface area (Å²) < 4.78 is 4.98. The Morgan fingerprint density at radius 1 is 1.25 bits per heavy atom. The molecular weight excluding hydrogens is 352 g/mol. The van der Waals surface area contributed by atoms with Gasteiger partial charge in [-0.3, -0.25) is 9.59 Å². The molecule has 0 bridgehead atoms. The highest BCUT2D eigenvalue weighted by Crippen LogP contribution is 2.18. The monoisotopic (exact) mass is 366 g/mol. The quantitative estimate of drug-likeness (QED) is 0.462. The molecule has 8 heteroatoms. The Kier molecular flexibility index (Phi) is 6.45. The smallest absolute Gasteiger partial charge is 0.340 e. The third-order valence-electron chi connectivity index (χ3n) is 2.98. The largest absolute Gasteiger partial charge is 0.454 e. The summed E-state index contributed by atoms with van der Waals surface area (Å²) in [6.45, 7) is 1.63. The summed E-state index contributed by atoms with van der Waals surface area (Å²) in [5, 5.41) is 2.96. The number of ether oxygens (including phenoxy) is 1. The maximum Gasteiger partial charge on any atom is 0.340 e. The van der Waals surface area contributed by atoms with Gasteiger partial charge >= 0.3 is 5.97 Å². The topological polar surface area (TPSA) is 85.4 Å². The van der Waals surface area contributed by atoms with Crippen molar-refractivity contribution in [3.05, 3.63) is 50.9 Å². The molecule has 0 saturated heterocycles. The highest BCUT2D eigenvalue weighted by atomic mass is 35.5. The minimum Gasteiger partial charge on any atom is -0.454 e. The van der Waals surface area contributed by atoms with Gasteiger partial charge in [-0.2, -0.15) is 0 Å². The summed E-state index contributed by atoms with van der Waals surface area (Å²) in [6, 6.07) is 6.46. The third-order valence-corrected chi connectivity index (χ3v) is 4.39. The van der Waals surface area contributed by atoms with E-state index in [1.807, 2.05) is 6.07 Å². The van der Waals surface area contributed by atoms with Crippen LogP contribution >= 0.6 is 22.9 Å². The summed E-state index contributed by atoms with van der Waals surface area (Å²) in [5.74, 6) is -0.998. The van der Waals surface area contributed by atoms with Gasteiger partial charge in [0.05, 0.1) is 10.4 Å². The normalized spacial score (nSPS) is 10.2. The van der Waals surface area contributed by atoms with E-state index >= 15 is 0 Å². The number of ketones is 1. The summed E-state index contributed by atoms with van der Waals surface area (Å²) in [5.41, 5.74) is 0.231. The van der Waals surface area contributed by atoms with Crippen LogP contribution in [-0.4, -0.2) is 35.8 Å². The van der Waals surface area contributed by atoms with Crippen molar-refractivity contribution in [1.29, 1.82) is 0 Å². The number of amides is 1. The van der Waals surface area contributed by atoms with E-state index in [1.54, 1.807) is 6.07 Å². The average molecular weight is 367 g/mol. The van der Waals surface area contributed by atoms with Crippen LogP contribution in [0, 0.1) is 0 Å². The molecule has 0 aromatic carbocycles. The van der Waals surface area contributed by atoms with Crippen LogP contribution in [0.4, 0.5) is 0 Å². The van der Waals surface area contributed by atoms with Crippen molar-refractivity contribution in [2.75, 3.05) is 13.2 Å². The van der Waals surface area contributed by atoms with Gasteiger partial charge < -0.3 is 10.1 Å². The van der Waals surface area contributed by atoms with Crippen molar-refractivity contribution in [2.24, 2.45) is 0 Å². The number of thiophene rings is 1. The fraction of sp³-hybridized carbons (Fsp3) is 0.250. The third kappa shape index (κ3) is 5.43. The number of pyridine rings is 1. The zero-order valence-corrected chi connectivity index (χ0v) is 14.4. The number of carbonyl (C=O) groups excluding carboxylic acids is 3. The lowest BCUT2D eigenvalue weighted by atomic mass is 10.3. The molecule has 2 heterocycles. The van der Waals surface area contributed by atoms with E-state index in [-0.39, 0.29) is 29.0 Å². The number of nitrogens with zero attached hydrogens (tertiary/aromatic N) is 1. The molecule has 0 saturated carbocycles. The number of carbonyl (C=O) groups is 3. The standard InChI is InChI=1S/C16H15ClN2O4S/c1-10(20)18-7-6-12-3-4-14(24-12)13(21)9-23-16(22)11-2-5-15(17)19-8-11/h2-5,8H,6-7,9H2,1H3,(H,18,20). The molecule has 0 spiro atoms. The lowest BCUT2D eigenvalue weighted by Crippen LogP contribution is -2.22. The molecule has 0 atom stereocenters. The van der Waals surface area contributed by atoms with E-state index in [0.717, 1.165) is 4.88 Å². The van der Waals surface area contributed by atoms with E-state index in [4.69, 9.17) is 16.3 Å². The Morgan fingerprint density at radius 3 is 2.71 bits per heavy atom. The second kappa shape index (κ2) is 8.56. The summed E-state index contributed by atoms with van der Waals surface area (Å²) >= 11 is 6.96. The predicted octanol–water partition coefficient (Wildman–Crippen LogP) is 2.51. The van der Waals surface area contributed by atoms with E-state index in [9.17, 15) is 14.4 Å². The van der Waals surface area contributed by atoms with E-state index in [2.05, 4.69) is 10.3 Å². The predicted molar refractivity (Wildman–Crippen MR) is 90.6 cm³/mol. The highest BCUT2D eigenvalue weighted by Gasteiger charge is 2.14. The Morgan fingerprint density at radius 2 is 2.04 bits per heavy atom. The number of aromatic nitrogens is 1. The van der Waals surface area contributed by atoms with E-state index in [0.29, 0.717) is 17.8 Å². The van der Waals surface area contributed by atoms with E-state index < -0.39 is 5.97 Å². The van der Waals surface area contributed by atoms with Gasteiger partial charge in [0.15, 0.2) is 6.61 Å². The van der Waals surface area contributed by atoms with Gasteiger partial charge in [0, 0.05) is 24.5 Å². The second-order valence-electron chi connectivity index (χ2n) is 4.87. The number of hydrogen-bond acceptors (Lipinski definition) is 6. The van der Waals surface area contributed by atoms with Gasteiger partial charge in [0.25, 0.3) is 0 Å². The minimum absolute atomic E-state index is 0.0912. The first-order valence-corrected chi connectivity index (χ1v) is 8.30. The molecule has 6 nitrogen and oxygen atoms in total. The van der Waals surface area contributed by atoms with Crippen molar-refractivity contribution in [2.45, 2.75) is 13.3 Å². The van der Waals surface area contributed by atoms with Crippen LogP contribution in [0.1, 0.15) is 31.8 Å². The summed E-state index contributed by atoms with van der Waals surface area (Å²) in [4.78, 5) is 39.9. The lowest BCUT2D eigenvalue weighted by molar-refractivity contribution is -0.118. The van der Waals surface area contributed by atoms with Gasteiger partial charge in [-0.15, -0.1) is 11.3 Å². The molecule has 0 aliphatic carbocycles. The Hall–Kier alpha value is -2.25. The number of hydrogen-bond donors (Lipinski definition) is 1. The molecule has 1 N–H and O–H groups in total. The number of halogens is 1. The van der Waals surface area contributed by atoms with Crippen molar-refractivity contribution in [3.8, 4) is 0 Å². The SMILES string of the molecule is CC(=O)NCCc1ccc(C(=O)COC(=O)c2ccc(Cl)nc2)s1. The molecule has 0 radical (unpaired) electrons. The summed E-state index contributed by atoms with van der Waals surface area (Å²) in [6.07, 6.45) is 1.94. The average Bonchev–Trinajstić information content (AvgIpc) is 3.01. The van der Waals surface area contributed by atoms with Gasteiger partial charge in [-0.25, -0.2) is 9.78 Å². The second-order valence-corrected chi connectivity index (χ2v) is 6.42. The van der Waals surface area contributed by atoms with Crippen LogP contribution in [0.25, 0.3) is 0 Å². The molecule has 2 aromatic rings. The molecule has 24 heavy (non-hydrogen) atoms. The molecular formula is C16H15ClN2O4S. The van der Waals surface area contributed by atoms with Crippen molar-refractivity contribution in [3.63, 3.8) is 0 Å². The van der Waals surface area contributed by atoms with E-state index in [1.165, 1.54) is 36.6 Å². The number of rotatable bonds is 7. The Bertz CT molecular complexity index is 743. The molecule has 126 valence electrons. The molecule has 0 unspecified atom stereocenters. The Balaban J connectivity index is 1.84. The Labute approximate surface area is 147 Å². The van der Waals surface area contributed by atoms with Gasteiger partial charge in [-0.05, 0) is 30.7 Å².